The summed E-state index contributed by atoms with van der Waals surface area (Å²) in [7, 11) is 0. The lowest BCUT2D eigenvalue weighted by atomic mass is 10.1. The van der Waals surface area contributed by atoms with Crippen molar-refractivity contribution in [3.05, 3.63) is 108 Å². The highest BCUT2D eigenvalue weighted by Crippen LogP contribution is 2.28. The van der Waals surface area contributed by atoms with Gasteiger partial charge < -0.3 is 16.0 Å². The molecule has 4 rings (SSSR count). The van der Waals surface area contributed by atoms with Crippen molar-refractivity contribution in [2.24, 2.45) is 0 Å². The maximum Gasteiger partial charge on any atom is 0.176 e. The van der Waals surface area contributed by atoms with Crippen LogP contribution in [-0.2, 0) is 0 Å². The van der Waals surface area contributed by atoms with Crippen LogP contribution in [0.5, 0.6) is 0 Å². The van der Waals surface area contributed by atoms with Gasteiger partial charge in [0, 0.05) is 11.1 Å². The molecule has 0 saturated heterocycles. The van der Waals surface area contributed by atoms with Crippen LogP contribution in [0.3, 0.4) is 0 Å². The summed E-state index contributed by atoms with van der Waals surface area (Å²) in [5.74, 6) is 0.494. The maximum atomic E-state index is 9.48. The van der Waals surface area contributed by atoms with E-state index in [1.807, 2.05) is 103 Å². The highest BCUT2D eigenvalue weighted by Gasteiger charge is 2.13. The van der Waals surface area contributed by atoms with Crippen LogP contribution < -0.4 is 16.0 Å². The highest BCUT2D eigenvalue weighted by molar-refractivity contribution is 7.80. The zero-order valence-electron chi connectivity index (χ0n) is 18.4. The predicted octanol–water partition coefficient (Wildman–Crippen LogP) is 5.82. The minimum Gasteiger partial charge on any atom is -0.352 e. The molecule has 0 amide bonds. The second kappa shape index (κ2) is 11.2. The van der Waals surface area contributed by atoms with Gasteiger partial charge in [-0.2, -0.15) is 10.5 Å². The maximum absolute atomic E-state index is 9.48. The Kier molecular flexibility index (Phi) is 7.39. The van der Waals surface area contributed by atoms with Crippen LogP contribution in [-0.4, -0.2) is 15.3 Å². The molecule has 0 spiro atoms. The first kappa shape index (κ1) is 23.1. The van der Waals surface area contributed by atoms with Gasteiger partial charge in [0.05, 0.1) is 22.8 Å². The predicted molar refractivity (Wildman–Crippen MR) is 142 cm³/mol. The smallest absolute Gasteiger partial charge is 0.176 e. The van der Waals surface area contributed by atoms with E-state index in [2.05, 4.69) is 26.1 Å². The van der Waals surface area contributed by atoms with Crippen molar-refractivity contribution in [1.29, 1.82) is 10.5 Å². The van der Waals surface area contributed by atoms with Crippen LogP contribution >= 0.6 is 12.2 Å². The zero-order valence-corrected chi connectivity index (χ0v) is 19.3. The third-order valence-electron chi connectivity index (χ3n) is 4.95. The molecule has 4 aromatic rings. The average molecular weight is 474 g/mol. The number of hydrogen-bond acceptors (Lipinski definition) is 6. The molecular weight excluding hydrogens is 454 g/mol. The fraction of sp³-hybridized carbons (Fsp3) is 0. The summed E-state index contributed by atoms with van der Waals surface area (Å²) in [5, 5.41) is 37.1. The number of nitrogens with one attached hydrogen (secondary N) is 3. The van der Waals surface area contributed by atoms with E-state index in [-0.39, 0.29) is 5.57 Å². The lowest BCUT2D eigenvalue weighted by molar-refractivity contribution is 1.05. The number of allylic oxidation sites excluding steroid dienone is 1. The minimum atomic E-state index is -0.0273. The standard InChI is InChI=1S/C27H19N7S/c28-17-21(18-29)26(20-11-5-2-6-12-20)30-23-13-7-8-14-24(23)31-27(35)32-25-16-15-22(33-34-25)19-9-3-1-4-10-19/h1-16,30H,(H2,31,32,34,35). The summed E-state index contributed by atoms with van der Waals surface area (Å²) in [4.78, 5) is 0. The lowest BCUT2D eigenvalue weighted by Gasteiger charge is -2.17. The Morgan fingerprint density at radius 2 is 1.26 bits per heavy atom. The Morgan fingerprint density at radius 1 is 0.657 bits per heavy atom. The topological polar surface area (TPSA) is 109 Å². The normalized spacial score (nSPS) is 9.77. The van der Waals surface area contributed by atoms with Crippen molar-refractivity contribution >= 4 is 40.2 Å². The molecule has 0 fully saturated rings. The van der Waals surface area contributed by atoms with Crippen molar-refractivity contribution in [2.45, 2.75) is 0 Å². The molecule has 7 nitrogen and oxygen atoms in total. The summed E-state index contributed by atoms with van der Waals surface area (Å²) in [6.45, 7) is 0. The fourth-order valence-electron chi connectivity index (χ4n) is 3.29. The van der Waals surface area contributed by atoms with Gasteiger partial charge in [0.15, 0.2) is 16.5 Å². The molecular formula is C27H19N7S. The number of anilines is 3. The Balaban J connectivity index is 1.51. The van der Waals surface area contributed by atoms with Gasteiger partial charge in [-0.25, -0.2) is 0 Å². The van der Waals surface area contributed by atoms with Gasteiger partial charge in [0.1, 0.15) is 12.1 Å². The molecule has 3 aromatic carbocycles. The van der Waals surface area contributed by atoms with Crippen molar-refractivity contribution in [3.8, 4) is 23.4 Å². The van der Waals surface area contributed by atoms with Crippen molar-refractivity contribution in [1.82, 2.24) is 10.2 Å². The summed E-state index contributed by atoms with van der Waals surface area (Å²) in [5.41, 5.74) is 4.13. The quantitative estimate of drug-likeness (QED) is 0.237. The third kappa shape index (κ3) is 5.85. The lowest BCUT2D eigenvalue weighted by Crippen LogP contribution is -2.20. The van der Waals surface area contributed by atoms with E-state index < -0.39 is 0 Å². The summed E-state index contributed by atoms with van der Waals surface area (Å²) in [6, 6.07) is 33.9. The molecule has 0 saturated carbocycles. The van der Waals surface area contributed by atoms with E-state index in [1.165, 1.54) is 0 Å². The van der Waals surface area contributed by atoms with E-state index in [4.69, 9.17) is 12.2 Å². The Hall–Kier alpha value is -5.05. The first-order chi connectivity index (χ1) is 17.2. The monoisotopic (exact) mass is 473 g/mol. The third-order valence-corrected chi connectivity index (χ3v) is 5.15. The van der Waals surface area contributed by atoms with E-state index in [0.717, 1.165) is 16.8 Å². The number of hydrogen-bond donors (Lipinski definition) is 3. The van der Waals surface area contributed by atoms with Crippen LogP contribution in [0.2, 0.25) is 0 Å². The number of para-hydroxylation sites is 2. The SMILES string of the molecule is N#CC(C#N)=C(Nc1ccccc1NC(=S)Nc1ccc(-c2ccccc2)nn1)c1ccccc1. The molecule has 35 heavy (non-hydrogen) atoms. The van der Waals surface area contributed by atoms with E-state index in [0.29, 0.717) is 28.0 Å². The van der Waals surface area contributed by atoms with Gasteiger partial charge in [-0.05, 0) is 36.5 Å². The summed E-state index contributed by atoms with van der Waals surface area (Å²) >= 11 is 5.47. The van der Waals surface area contributed by atoms with Crippen LogP contribution in [0.15, 0.2) is 103 Å². The largest absolute Gasteiger partial charge is 0.352 e. The number of thiocarbonyl (C=S) groups is 1. The van der Waals surface area contributed by atoms with Gasteiger partial charge in [0.25, 0.3) is 0 Å². The van der Waals surface area contributed by atoms with E-state index >= 15 is 0 Å². The molecule has 0 atom stereocenters. The van der Waals surface area contributed by atoms with Gasteiger partial charge in [0.2, 0.25) is 0 Å². The number of benzene rings is 3. The molecule has 0 aliphatic rings. The number of nitriles is 2. The number of nitrogens with zero attached hydrogens (tertiary/aromatic N) is 4. The number of rotatable bonds is 6. The average Bonchev–Trinajstić information content (AvgIpc) is 2.91. The van der Waals surface area contributed by atoms with E-state index in [9.17, 15) is 10.5 Å². The second-order valence-corrected chi connectivity index (χ2v) is 7.67. The van der Waals surface area contributed by atoms with E-state index in [1.54, 1.807) is 6.07 Å². The van der Waals surface area contributed by atoms with Crippen molar-refractivity contribution < 1.29 is 0 Å². The molecule has 0 unspecified atom stereocenters. The number of aromatic nitrogens is 2. The first-order valence-electron chi connectivity index (χ1n) is 10.6. The van der Waals surface area contributed by atoms with Crippen molar-refractivity contribution in [3.63, 3.8) is 0 Å². The minimum absolute atomic E-state index is 0.0273. The Labute approximate surface area is 208 Å². The summed E-state index contributed by atoms with van der Waals surface area (Å²) < 4.78 is 0. The van der Waals surface area contributed by atoms with Crippen LogP contribution in [0.25, 0.3) is 17.0 Å². The molecule has 0 aliphatic carbocycles. The van der Waals surface area contributed by atoms with Crippen LogP contribution in [0.1, 0.15) is 5.56 Å². The summed E-state index contributed by atoms with van der Waals surface area (Å²) in [6.07, 6.45) is 0. The highest BCUT2D eigenvalue weighted by atomic mass is 32.1. The van der Waals surface area contributed by atoms with Gasteiger partial charge in [-0.3, -0.25) is 0 Å². The van der Waals surface area contributed by atoms with Crippen molar-refractivity contribution in [2.75, 3.05) is 16.0 Å². The van der Waals surface area contributed by atoms with Crippen LogP contribution in [0, 0.1) is 22.7 Å². The van der Waals surface area contributed by atoms with Crippen LogP contribution in [0.4, 0.5) is 17.2 Å². The molecule has 8 heteroatoms. The molecule has 1 heterocycles. The molecule has 168 valence electrons. The van der Waals surface area contributed by atoms with Gasteiger partial charge in [-0.1, -0.05) is 72.8 Å². The molecule has 0 bridgehead atoms. The zero-order chi connectivity index (χ0) is 24.5. The van der Waals surface area contributed by atoms with Gasteiger partial charge >= 0.3 is 0 Å². The Bertz CT molecular complexity index is 1420. The Morgan fingerprint density at radius 3 is 1.86 bits per heavy atom. The molecule has 1 aromatic heterocycles. The fourth-order valence-corrected chi connectivity index (χ4v) is 3.50. The molecule has 0 radical (unpaired) electrons. The molecule has 0 aliphatic heterocycles. The first-order valence-corrected chi connectivity index (χ1v) is 11.0. The molecule has 3 N–H and O–H groups in total. The van der Waals surface area contributed by atoms with Gasteiger partial charge in [-0.15, -0.1) is 10.2 Å². The second-order valence-electron chi connectivity index (χ2n) is 7.26.